The van der Waals surface area contributed by atoms with Crippen LogP contribution in [0.3, 0.4) is 0 Å². The van der Waals surface area contributed by atoms with Crippen LogP contribution < -0.4 is 5.76 Å². The zero-order valence-electron chi connectivity index (χ0n) is 15.7. The van der Waals surface area contributed by atoms with E-state index in [0.29, 0.717) is 12.1 Å². The molecule has 1 atom stereocenters. The van der Waals surface area contributed by atoms with Gasteiger partial charge in [0.05, 0.1) is 23.0 Å². The second kappa shape index (κ2) is 6.30. The van der Waals surface area contributed by atoms with Crippen molar-refractivity contribution in [1.29, 1.82) is 0 Å². The van der Waals surface area contributed by atoms with Gasteiger partial charge in [0.15, 0.2) is 5.58 Å². The number of hydrogen-bond acceptors (Lipinski definition) is 5. The van der Waals surface area contributed by atoms with Crippen molar-refractivity contribution in [2.24, 2.45) is 7.05 Å². The van der Waals surface area contributed by atoms with Crippen LogP contribution in [-0.4, -0.2) is 47.7 Å². The second-order valence-corrected chi connectivity index (χ2v) is 9.34. The van der Waals surface area contributed by atoms with E-state index in [2.05, 4.69) is 0 Å². The van der Waals surface area contributed by atoms with Crippen molar-refractivity contribution in [2.45, 2.75) is 17.4 Å². The summed E-state index contributed by atoms with van der Waals surface area (Å²) in [5.41, 5.74) is 2.85. The van der Waals surface area contributed by atoms with Crippen molar-refractivity contribution in [2.75, 3.05) is 19.6 Å². The molecule has 1 saturated heterocycles. The number of piperazine rings is 1. The Balaban J connectivity index is 1.54. The van der Waals surface area contributed by atoms with Gasteiger partial charge < -0.3 is 9.32 Å². The first-order valence-electron chi connectivity index (χ1n) is 9.33. The van der Waals surface area contributed by atoms with Crippen LogP contribution in [0.15, 0.2) is 56.6 Å². The van der Waals surface area contributed by atoms with E-state index in [4.69, 9.17) is 4.42 Å². The highest BCUT2D eigenvalue weighted by Gasteiger charge is 2.41. The topological polar surface area (TPSA) is 92.8 Å². The van der Waals surface area contributed by atoms with Gasteiger partial charge >= 0.3 is 5.76 Å². The maximum Gasteiger partial charge on any atom is 0.419 e. The van der Waals surface area contributed by atoms with Crippen LogP contribution in [0.4, 0.5) is 0 Å². The summed E-state index contributed by atoms with van der Waals surface area (Å²) in [6.45, 7) is 0.592. The van der Waals surface area contributed by atoms with E-state index in [1.54, 1.807) is 18.0 Å². The predicted molar refractivity (Wildman–Crippen MR) is 105 cm³/mol. The van der Waals surface area contributed by atoms with E-state index in [-0.39, 0.29) is 35.5 Å². The fraction of sp³-hybridized carbons (Fsp3) is 0.300. The molecule has 0 spiro atoms. The van der Waals surface area contributed by atoms with Gasteiger partial charge in [0.2, 0.25) is 15.9 Å². The van der Waals surface area contributed by atoms with Crippen molar-refractivity contribution >= 4 is 27.0 Å². The van der Waals surface area contributed by atoms with Gasteiger partial charge in [-0.15, -0.1) is 0 Å². The van der Waals surface area contributed by atoms with Gasteiger partial charge in [-0.25, -0.2) is 13.2 Å². The average molecular weight is 413 g/mol. The molecule has 9 heteroatoms. The number of rotatable bonds is 2. The van der Waals surface area contributed by atoms with Gasteiger partial charge in [0.1, 0.15) is 0 Å². The van der Waals surface area contributed by atoms with Crippen LogP contribution in [0.25, 0.3) is 11.1 Å². The molecule has 3 aromatic rings. The lowest BCUT2D eigenvalue weighted by atomic mass is 9.91. The number of aromatic nitrogens is 1. The van der Waals surface area contributed by atoms with Gasteiger partial charge in [-0.1, -0.05) is 24.3 Å². The van der Waals surface area contributed by atoms with Crippen molar-refractivity contribution < 1.29 is 17.6 Å². The van der Waals surface area contributed by atoms with E-state index >= 15 is 0 Å². The van der Waals surface area contributed by atoms with E-state index in [1.807, 2.05) is 24.3 Å². The van der Waals surface area contributed by atoms with E-state index in [9.17, 15) is 18.0 Å². The fourth-order valence-electron chi connectivity index (χ4n) is 4.25. The minimum Gasteiger partial charge on any atom is -0.408 e. The molecule has 2 aromatic carbocycles. The Hall–Kier alpha value is -2.91. The molecule has 1 amide bonds. The highest BCUT2D eigenvalue weighted by atomic mass is 32.2. The minimum atomic E-state index is -3.93. The van der Waals surface area contributed by atoms with Gasteiger partial charge in [-0.2, -0.15) is 4.31 Å². The summed E-state index contributed by atoms with van der Waals surface area (Å²) in [6.07, 6.45) is 0.773. The molecule has 150 valence electrons. The van der Waals surface area contributed by atoms with Gasteiger partial charge in [0.25, 0.3) is 0 Å². The molecular weight excluding hydrogens is 394 g/mol. The number of sulfonamides is 1. The number of benzene rings is 2. The summed E-state index contributed by atoms with van der Waals surface area (Å²) in [5.74, 6) is -0.760. The van der Waals surface area contributed by atoms with Crippen LogP contribution in [0.1, 0.15) is 17.2 Å². The molecule has 1 aromatic heterocycles. The predicted octanol–water partition coefficient (Wildman–Crippen LogP) is 1.26. The number of carbonyl (C=O) groups is 1. The Kier molecular flexibility index (Phi) is 3.94. The fourth-order valence-corrected chi connectivity index (χ4v) is 5.66. The third-order valence-electron chi connectivity index (χ3n) is 5.82. The van der Waals surface area contributed by atoms with Crippen LogP contribution in [0, 0.1) is 0 Å². The van der Waals surface area contributed by atoms with Crippen LogP contribution in [0.2, 0.25) is 0 Å². The summed E-state index contributed by atoms with van der Waals surface area (Å²) in [4.78, 5) is 26.2. The molecule has 2 aliphatic heterocycles. The lowest BCUT2D eigenvalue weighted by molar-refractivity contribution is -0.138. The highest BCUT2D eigenvalue weighted by molar-refractivity contribution is 7.89. The zero-order chi connectivity index (χ0) is 20.3. The lowest BCUT2D eigenvalue weighted by Gasteiger charge is -2.44. The van der Waals surface area contributed by atoms with Gasteiger partial charge in [-0.3, -0.25) is 9.36 Å². The number of amides is 1. The SMILES string of the molecule is Cn1c(=O)oc2cc(S(=O)(=O)N3CC(=O)N4CCc5ccccc5C4C3)ccc21. The Morgan fingerprint density at radius 2 is 1.90 bits per heavy atom. The van der Waals surface area contributed by atoms with E-state index in [1.165, 1.54) is 21.0 Å². The van der Waals surface area contributed by atoms with Crippen molar-refractivity contribution in [1.82, 2.24) is 13.8 Å². The molecule has 0 N–H and O–H groups in total. The largest absolute Gasteiger partial charge is 0.419 e. The number of hydrogen-bond donors (Lipinski definition) is 0. The summed E-state index contributed by atoms with van der Waals surface area (Å²) < 4.78 is 34.2. The Morgan fingerprint density at radius 3 is 2.72 bits per heavy atom. The maximum absolute atomic E-state index is 13.3. The molecule has 0 saturated carbocycles. The molecule has 1 unspecified atom stereocenters. The second-order valence-electron chi connectivity index (χ2n) is 7.41. The summed E-state index contributed by atoms with van der Waals surface area (Å²) in [5, 5.41) is 0. The molecule has 5 rings (SSSR count). The number of aryl methyl sites for hydroxylation is 1. The first-order valence-corrected chi connectivity index (χ1v) is 10.8. The zero-order valence-corrected chi connectivity index (χ0v) is 16.6. The van der Waals surface area contributed by atoms with Crippen LogP contribution in [0.5, 0.6) is 0 Å². The third kappa shape index (κ3) is 2.72. The number of nitrogens with zero attached hydrogens (tertiary/aromatic N) is 3. The molecule has 1 fully saturated rings. The monoisotopic (exact) mass is 413 g/mol. The smallest absolute Gasteiger partial charge is 0.408 e. The van der Waals surface area contributed by atoms with E-state index < -0.39 is 15.8 Å². The molecule has 0 bridgehead atoms. The molecular formula is C20H19N3O5S. The van der Waals surface area contributed by atoms with Gasteiger partial charge in [-0.05, 0) is 29.7 Å². The van der Waals surface area contributed by atoms with Gasteiger partial charge in [0, 0.05) is 26.2 Å². The molecule has 0 radical (unpaired) electrons. The van der Waals surface area contributed by atoms with Crippen LogP contribution in [-0.2, 0) is 28.3 Å². The van der Waals surface area contributed by atoms with Crippen molar-refractivity contribution in [3.05, 3.63) is 64.1 Å². The summed E-state index contributed by atoms with van der Waals surface area (Å²) in [7, 11) is -2.37. The lowest BCUT2D eigenvalue weighted by Crippen LogP contribution is -2.55. The third-order valence-corrected chi connectivity index (χ3v) is 7.63. The summed E-state index contributed by atoms with van der Waals surface area (Å²) in [6, 6.07) is 11.9. The Bertz CT molecular complexity index is 1310. The van der Waals surface area contributed by atoms with Crippen LogP contribution >= 0.6 is 0 Å². The first kappa shape index (κ1) is 18.1. The van der Waals surface area contributed by atoms with Crippen molar-refractivity contribution in [3.8, 4) is 0 Å². The molecule has 29 heavy (non-hydrogen) atoms. The number of fused-ring (bicyclic) bond motifs is 4. The quantitative estimate of drug-likeness (QED) is 0.631. The van der Waals surface area contributed by atoms with E-state index in [0.717, 1.165) is 17.5 Å². The molecule has 8 nitrogen and oxygen atoms in total. The molecule has 2 aliphatic rings. The first-order chi connectivity index (χ1) is 13.9. The maximum atomic E-state index is 13.3. The standard InChI is InChI=1S/C20H19N3O5S/c1-21-16-7-6-14(10-18(16)28-20(21)25)29(26,27)22-11-17-15-5-3-2-4-13(15)8-9-23(17)19(24)12-22/h2-7,10,17H,8-9,11-12H2,1H3. The number of carbonyl (C=O) groups excluding carboxylic acids is 1. The number of oxazole rings is 1. The van der Waals surface area contributed by atoms with Crippen molar-refractivity contribution in [3.63, 3.8) is 0 Å². The molecule has 0 aliphatic carbocycles. The molecule has 3 heterocycles. The average Bonchev–Trinajstić information content (AvgIpc) is 3.01. The normalized spacial score (nSPS) is 20.0. The highest BCUT2D eigenvalue weighted by Crippen LogP contribution is 2.35. The minimum absolute atomic E-state index is 0.00435. The Morgan fingerprint density at radius 1 is 1.10 bits per heavy atom. The summed E-state index contributed by atoms with van der Waals surface area (Å²) >= 11 is 0. The Labute approximate surface area is 167 Å².